The second kappa shape index (κ2) is 9.82. The number of anilines is 1. The lowest BCUT2D eigenvalue weighted by atomic mass is 10.1. The lowest BCUT2D eigenvalue weighted by Crippen LogP contribution is -3.28. The molecule has 0 atom stereocenters. The summed E-state index contributed by atoms with van der Waals surface area (Å²) < 4.78 is 45.8. The van der Waals surface area contributed by atoms with Crippen LogP contribution in [0.15, 0.2) is 48.5 Å². The van der Waals surface area contributed by atoms with Gasteiger partial charge in [0.2, 0.25) is 0 Å². The van der Waals surface area contributed by atoms with Crippen molar-refractivity contribution in [1.29, 1.82) is 0 Å². The van der Waals surface area contributed by atoms with Crippen LogP contribution >= 0.6 is 0 Å². The third-order valence-electron chi connectivity index (χ3n) is 5.08. The highest BCUT2D eigenvalue weighted by Crippen LogP contribution is 2.23. The second-order valence-electron chi connectivity index (χ2n) is 7.29. The van der Waals surface area contributed by atoms with Crippen LogP contribution in [0.3, 0.4) is 0 Å². The zero-order valence-electron chi connectivity index (χ0n) is 16.7. The van der Waals surface area contributed by atoms with E-state index in [1.54, 1.807) is 7.11 Å². The first-order valence-electron chi connectivity index (χ1n) is 9.77. The molecule has 0 bridgehead atoms. The molecule has 1 aliphatic rings. The molecule has 1 fully saturated rings. The summed E-state index contributed by atoms with van der Waals surface area (Å²) in [5, 5.41) is 2.73. The second-order valence-corrected chi connectivity index (χ2v) is 7.29. The summed E-state index contributed by atoms with van der Waals surface area (Å²) in [7, 11) is 1.67. The SMILES string of the molecule is COc1ccccc1C[NH+]1CC[NH+](CC(=O)Nc2ccc(OC(F)(F)F)cc2)CC1. The third kappa shape index (κ3) is 6.64. The molecule has 6 nitrogen and oxygen atoms in total. The highest BCUT2D eigenvalue weighted by atomic mass is 19.4. The Kier molecular flexibility index (Phi) is 7.17. The number of amides is 1. The van der Waals surface area contributed by atoms with Gasteiger partial charge in [0, 0.05) is 11.3 Å². The average molecular weight is 425 g/mol. The molecule has 3 N–H and O–H groups in total. The number of benzene rings is 2. The Morgan fingerprint density at radius 2 is 1.63 bits per heavy atom. The molecule has 0 saturated carbocycles. The zero-order valence-corrected chi connectivity index (χ0v) is 16.7. The third-order valence-corrected chi connectivity index (χ3v) is 5.08. The molecular weight excluding hydrogens is 399 g/mol. The number of piperazine rings is 1. The van der Waals surface area contributed by atoms with Gasteiger partial charge >= 0.3 is 6.36 Å². The summed E-state index contributed by atoms with van der Waals surface area (Å²) in [6.07, 6.45) is -4.73. The number of hydrogen-bond acceptors (Lipinski definition) is 3. The number of quaternary nitrogens is 2. The number of hydrogen-bond donors (Lipinski definition) is 3. The van der Waals surface area contributed by atoms with Gasteiger partial charge < -0.3 is 24.6 Å². The summed E-state index contributed by atoms with van der Waals surface area (Å²) in [6, 6.07) is 13.1. The van der Waals surface area contributed by atoms with Crippen molar-refractivity contribution in [3.05, 3.63) is 54.1 Å². The Bertz CT molecular complexity index is 835. The van der Waals surface area contributed by atoms with Crippen molar-refractivity contribution in [2.24, 2.45) is 0 Å². The van der Waals surface area contributed by atoms with Crippen molar-refractivity contribution in [2.45, 2.75) is 12.9 Å². The Hall–Kier alpha value is -2.78. The van der Waals surface area contributed by atoms with Crippen LogP contribution in [0.25, 0.3) is 0 Å². The van der Waals surface area contributed by atoms with Gasteiger partial charge in [-0.1, -0.05) is 12.1 Å². The molecule has 0 spiro atoms. The molecule has 0 unspecified atom stereocenters. The Balaban J connectivity index is 1.43. The molecule has 1 amide bonds. The van der Waals surface area contributed by atoms with Gasteiger partial charge in [0.05, 0.1) is 7.11 Å². The molecule has 30 heavy (non-hydrogen) atoms. The van der Waals surface area contributed by atoms with E-state index >= 15 is 0 Å². The molecule has 0 aliphatic carbocycles. The molecule has 1 saturated heterocycles. The van der Waals surface area contributed by atoms with Crippen LogP contribution in [0, 0.1) is 0 Å². The zero-order chi connectivity index (χ0) is 21.6. The van der Waals surface area contributed by atoms with E-state index in [0.717, 1.165) is 38.5 Å². The van der Waals surface area contributed by atoms with E-state index in [2.05, 4.69) is 16.1 Å². The quantitative estimate of drug-likeness (QED) is 0.606. The van der Waals surface area contributed by atoms with Crippen LogP contribution in [0.2, 0.25) is 0 Å². The summed E-state index contributed by atoms with van der Waals surface area (Å²) in [5.74, 6) is 0.411. The summed E-state index contributed by atoms with van der Waals surface area (Å²) in [6.45, 7) is 4.85. The van der Waals surface area contributed by atoms with E-state index in [9.17, 15) is 18.0 Å². The normalized spacial score (nSPS) is 19.2. The summed E-state index contributed by atoms with van der Waals surface area (Å²) >= 11 is 0. The number of rotatable bonds is 7. The first-order chi connectivity index (χ1) is 14.3. The molecule has 3 rings (SSSR count). The van der Waals surface area contributed by atoms with Crippen molar-refractivity contribution in [3.63, 3.8) is 0 Å². The predicted octanol–water partition coefficient (Wildman–Crippen LogP) is 0.516. The van der Waals surface area contributed by atoms with E-state index in [1.807, 2.05) is 18.2 Å². The molecule has 2 aromatic carbocycles. The summed E-state index contributed by atoms with van der Waals surface area (Å²) in [5.41, 5.74) is 1.61. The first-order valence-corrected chi connectivity index (χ1v) is 9.77. The maximum Gasteiger partial charge on any atom is 0.573 e. The van der Waals surface area contributed by atoms with Gasteiger partial charge in [0.1, 0.15) is 44.2 Å². The lowest BCUT2D eigenvalue weighted by Gasteiger charge is -2.29. The highest BCUT2D eigenvalue weighted by molar-refractivity contribution is 5.91. The molecule has 0 aromatic heterocycles. The minimum Gasteiger partial charge on any atom is -0.496 e. The van der Waals surface area contributed by atoms with Crippen LogP contribution in [-0.2, 0) is 11.3 Å². The van der Waals surface area contributed by atoms with Crippen LogP contribution < -0.4 is 24.6 Å². The summed E-state index contributed by atoms with van der Waals surface area (Å²) in [4.78, 5) is 14.9. The van der Waals surface area contributed by atoms with Gasteiger partial charge in [-0.15, -0.1) is 13.2 Å². The van der Waals surface area contributed by atoms with Crippen LogP contribution in [-0.4, -0.2) is 52.1 Å². The fourth-order valence-electron chi connectivity index (χ4n) is 3.60. The predicted molar refractivity (Wildman–Crippen MR) is 105 cm³/mol. The smallest absolute Gasteiger partial charge is 0.496 e. The van der Waals surface area contributed by atoms with Gasteiger partial charge in [-0.2, -0.15) is 0 Å². The average Bonchev–Trinajstić information content (AvgIpc) is 2.70. The fraction of sp³-hybridized carbons (Fsp3) is 0.381. The molecule has 162 valence electrons. The molecule has 9 heteroatoms. The number of halogens is 3. The number of alkyl halides is 3. The van der Waals surface area contributed by atoms with Crippen molar-refractivity contribution in [3.8, 4) is 11.5 Å². The number of nitrogens with one attached hydrogen (secondary N) is 3. The van der Waals surface area contributed by atoms with Crippen molar-refractivity contribution >= 4 is 11.6 Å². The van der Waals surface area contributed by atoms with Crippen LogP contribution in [0.1, 0.15) is 5.56 Å². The highest BCUT2D eigenvalue weighted by Gasteiger charge is 2.31. The van der Waals surface area contributed by atoms with Crippen LogP contribution in [0.4, 0.5) is 18.9 Å². The number of methoxy groups -OCH3 is 1. The molecule has 2 aromatic rings. The van der Waals surface area contributed by atoms with E-state index in [1.165, 1.54) is 39.6 Å². The molecule has 1 aliphatic heterocycles. The van der Waals surface area contributed by atoms with Gasteiger partial charge in [-0.25, -0.2) is 0 Å². The number of carbonyl (C=O) groups excluding carboxylic acids is 1. The number of carbonyl (C=O) groups is 1. The van der Waals surface area contributed by atoms with Gasteiger partial charge in [0.15, 0.2) is 6.54 Å². The van der Waals surface area contributed by atoms with Gasteiger partial charge in [-0.05, 0) is 36.4 Å². The van der Waals surface area contributed by atoms with Crippen molar-refractivity contribution in [2.75, 3.05) is 45.2 Å². The minimum atomic E-state index is -4.73. The fourth-order valence-corrected chi connectivity index (χ4v) is 3.60. The van der Waals surface area contributed by atoms with E-state index in [-0.39, 0.29) is 11.7 Å². The Labute approximate surface area is 173 Å². The monoisotopic (exact) mass is 425 g/mol. The molecule has 0 radical (unpaired) electrons. The van der Waals surface area contributed by atoms with Gasteiger partial charge in [0.25, 0.3) is 5.91 Å². The van der Waals surface area contributed by atoms with Crippen molar-refractivity contribution < 1.29 is 37.2 Å². The van der Waals surface area contributed by atoms with Crippen LogP contribution in [0.5, 0.6) is 11.5 Å². The molecular formula is C21H26F3N3O3+2. The molecule has 1 heterocycles. The van der Waals surface area contributed by atoms with E-state index in [4.69, 9.17) is 4.74 Å². The standard InChI is InChI=1S/C21H24F3N3O3/c1-29-19-5-3-2-4-16(19)14-26-10-12-27(13-11-26)15-20(28)25-17-6-8-18(9-7-17)30-21(22,23)24/h2-9H,10-15H2,1H3,(H,25,28)/p+2. The maximum absolute atomic E-state index is 12.3. The Morgan fingerprint density at radius 3 is 2.27 bits per heavy atom. The topological polar surface area (TPSA) is 56.4 Å². The van der Waals surface area contributed by atoms with E-state index in [0.29, 0.717) is 12.2 Å². The van der Waals surface area contributed by atoms with Gasteiger partial charge in [-0.3, -0.25) is 4.79 Å². The largest absolute Gasteiger partial charge is 0.573 e. The number of para-hydroxylation sites is 1. The Morgan fingerprint density at radius 1 is 1.00 bits per heavy atom. The minimum absolute atomic E-state index is 0.164. The first kappa shape index (κ1) is 21.9. The lowest BCUT2D eigenvalue weighted by molar-refractivity contribution is -1.02. The maximum atomic E-state index is 12.3. The van der Waals surface area contributed by atoms with Crippen molar-refractivity contribution in [1.82, 2.24) is 0 Å². The van der Waals surface area contributed by atoms with E-state index < -0.39 is 6.36 Å². The number of ether oxygens (including phenoxy) is 2.